The fourth-order valence-electron chi connectivity index (χ4n) is 1.96. The summed E-state index contributed by atoms with van der Waals surface area (Å²) in [5.74, 6) is 0.713. The molecule has 0 spiro atoms. The Morgan fingerprint density at radius 2 is 2.06 bits per heavy atom. The summed E-state index contributed by atoms with van der Waals surface area (Å²) in [5, 5.41) is 0. The molecule has 0 aliphatic heterocycles. The molecule has 1 aromatic rings. The monoisotopic (exact) mass is 238 g/mol. The van der Waals surface area contributed by atoms with Crippen LogP contribution in [0.4, 0.5) is 11.4 Å². The fourth-order valence-corrected chi connectivity index (χ4v) is 1.96. The first-order valence-electron chi connectivity index (χ1n) is 5.83. The molecule has 2 N–H and O–H groups in total. The van der Waals surface area contributed by atoms with Crippen molar-refractivity contribution in [3.63, 3.8) is 0 Å². The van der Waals surface area contributed by atoms with Crippen molar-refractivity contribution in [3.05, 3.63) is 18.2 Å². The Morgan fingerprint density at radius 1 is 1.35 bits per heavy atom. The number of nitrogens with two attached hydrogens (primary N) is 1. The van der Waals surface area contributed by atoms with Crippen LogP contribution in [0.3, 0.4) is 0 Å². The molecule has 1 aromatic carbocycles. The van der Waals surface area contributed by atoms with E-state index in [9.17, 15) is 0 Å². The third-order valence-electron chi connectivity index (χ3n) is 2.83. The molecule has 0 aromatic heterocycles. The zero-order valence-corrected chi connectivity index (χ0v) is 11.1. The molecule has 96 valence electrons. The zero-order valence-electron chi connectivity index (χ0n) is 11.1. The highest BCUT2D eigenvalue weighted by molar-refractivity contribution is 5.62. The maximum absolute atomic E-state index is 5.81. The average molecular weight is 238 g/mol. The molecule has 1 unspecified atom stereocenters. The van der Waals surface area contributed by atoms with Crippen LogP contribution in [-0.2, 0) is 4.74 Å². The third kappa shape index (κ3) is 3.27. The standard InChI is InChI=1S/C13H22N2O2/c1-5-15(10(2)9-16-3)11-6-7-12(14)13(8-11)17-4/h6-8,10H,5,9,14H2,1-4H3. The van der Waals surface area contributed by atoms with Crippen molar-refractivity contribution in [1.82, 2.24) is 0 Å². The van der Waals surface area contributed by atoms with E-state index in [0.29, 0.717) is 24.1 Å². The van der Waals surface area contributed by atoms with E-state index >= 15 is 0 Å². The largest absolute Gasteiger partial charge is 0.495 e. The SMILES string of the molecule is CCN(c1ccc(N)c(OC)c1)C(C)COC. The predicted molar refractivity (Wildman–Crippen MR) is 71.8 cm³/mol. The number of rotatable bonds is 6. The van der Waals surface area contributed by atoms with Gasteiger partial charge in [-0.05, 0) is 26.0 Å². The van der Waals surface area contributed by atoms with Crippen LogP contribution in [0, 0.1) is 0 Å². The van der Waals surface area contributed by atoms with Crippen LogP contribution in [0.1, 0.15) is 13.8 Å². The smallest absolute Gasteiger partial charge is 0.143 e. The van der Waals surface area contributed by atoms with E-state index in [-0.39, 0.29) is 0 Å². The average Bonchev–Trinajstić information content (AvgIpc) is 2.32. The van der Waals surface area contributed by atoms with E-state index in [1.54, 1.807) is 14.2 Å². The van der Waals surface area contributed by atoms with Gasteiger partial charge in [-0.1, -0.05) is 0 Å². The van der Waals surface area contributed by atoms with Gasteiger partial charge in [0.2, 0.25) is 0 Å². The van der Waals surface area contributed by atoms with Gasteiger partial charge in [0.15, 0.2) is 0 Å². The summed E-state index contributed by atoms with van der Waals surface area (Å²) in [4.78, 5) is 2.26. The van der Waals surface area contributed by atoms with Gasteiger partial charge in [-0.25, -0.2) is 0 Å². The molecule has 0 saturated heterocycles. The van der Waals surface area contributed by atoms with Crippen LogP contribution in [0.5, 0.6) is 5.75 Å². The van der Waals surface area contributed by atoms with Crippen LogP contribution in [0.15, 0.2) is 18.2 Å². The normalized spacial score (nSPS) is 12.2. The van der Waals surface area contributed by atoms with Gasteiger partial charge in [-0.3, -0.25) is 0 Å². The Labute approximate surface area is 103 Å². The lowest BCUT2D eigenvalue weighted by atomic mass is 10.2. The minimum Gasteiger partial charge on any atom is -0.495 e. The fraction of sp³-hybridized carbons (Fsp3) is 0.538. The number of anilines is 2. The van der Waals surface area contributed by atoms with Crippen molar-refractivity contribution >= 4 is 11.4 Å². The van der Waals surface area contributed by atoms with Crippen molar-refractivity contribution in [1.29, 1.82) is 0 Å². The molecular formula is C13H22N2O2. The molecule has 17 heavy (non-hydrogen) atoms. The number of hydrogen-bond acceptors (Lipinski definition) is 4. The molecular weight excluding hydrogens is 216 g/mol. The predicted octanol–water partition coefficient (Wildman–Crippen LogP) is 2.14. The highest BCUT2D eigenvalue weighted by atomic mass is 16.5. The summed E-state index contributed by atoms with van der Waals surface area (Å²) in [6.45, 7) is 5.86. The topological polar surface area (TPSA) is 47.7 Å². The third-order valence-corrected chi connectivity index (χ3v) is 2.83. The Bertz CT molecular complexity index is 355. The van der Waals surface area contributed by atoms with Crippen molar-refractivity contribution < 1.29 is 9.47 Å². The molecule has 4 heteroatoms. The molecule has 4 nitrogen and oxygen atoms in total. The molecule has 0 aliphatic rings. The first kappa shape index (κ1) is 13.6. The van der Waals surface area contributed by atoms with Crippen molar-refractivity contribution in [3.8, 4) is 5.75 Å². The van der Waals surface area contributed by atoms with Gasteiger partial charge in [-0.2, -0.15) is 0 Å². The Balaban J connectivity index is 2.95. The molecule has 1 rings (SSSR count). The minimum atomic E-state index is 0.318. The number of nitrogens with zero attached hydrogens (tertiary/aromatic N) is 1. The van der Waals surface area contributed by atoms with Crippen LogP contribution < -0.4 is 15.4 Å². The number of hydrogen-bond donors (Lipinski definition) is 1. The number of ether oxygens (including phenoxy) is 2. The molecule has 0 radical (unpaired) electrons. The van der Waals surface area contributed by atoms with Gasteiger partial charge in [0, 0.05) is 31.5 Å². The lowest BCUT2D eigenvalue weighted by Crippen LogP contribution is -2.36. The first-order valence-corrected chi connectivity index (χ1v) is 5.83. The molecule has 0 heterocycles. The van der Waals surface area contributed by atoms with Crippen LogP contribution in [0.25, 0.3) is 0 Å². The summed E-state index contributed by atoms with van der Waals surface area (Å²) in [6.07, 6.45) is 0. The summed E-state index contributed by atoms with van der Waals surface area (Å²) in [7, 11) is 3.35. The highest BCUT2D eigenvalue weighted by Gasteiger charge is 2.13. The van der Waals surface area contributed by atoms with Crippen LogP contribution in [0.2, 0.25) is 0 Å². The van der Waals surface area contributed by atoms with E-state index in [1.807, 2.05) is 18.2 Å². The second-order valence-electron chi connectivity index (χ2n) is 4.02. The molecule has 0 bridgehead atoms. The lowest BCUT2D eigenvalue weighted by molar-refractivity contribution is 0.182. The number of nitrogen functional groups attached to an aromatic ring is 1. The van der Waals surface area contributed by atoms with Crippen LogP contribution >= 0.6 is 0 Å². The van der Waals surface area contributed by atoms with E-state index in [0.717, 1.165) is 12.2 Å². The summed E-state index contributed by atoms with van der Waals surface area (Å²) >= 11 is 0. The number of methoxy groups -OCH3 is 2. The molecule has 0 amide bonds. The molecule has 0 fully saturated rings. The lowest BCUT2D eigenvalue weighted by Gasteiger charge is -2.30. The zero-order chi connectivity index (χ0) is 12.8. The molecule has 0 saturated carbocycles. The molecule has 0 aliphatic carbocycles. The van der Waals surface area contributed by atoms with E-state index in [2.05, 4.69) is 18.7 Å². The van der Waals surface area contributed by atoms with Gasteiger partial charge >= 0.3 is 0 Å². The Morgan fingerprint density at radius 3 is 2.59 bits per heavy atom. The second kappa shape index (κ2) is 6.35. The van der Waals surface area contributed by atoms with Gasteiger partial charge in [-0.15, -0.1) is 0 Å². The summed E-state index contributed by atoms with van der Waals surface area (Å²) in [6, 6.07) is 6.16. The number of benzene rings is 1. The first-order chi connectivity index (χ1) is 8.13. The highest BCUT2D eigenvalue weighted by Crippen LogP contribution is 2.28. The van der Waals surface area contributed by atoms with Crippen molar-refractivity contribution in [2.45, 2.75) is 19.9 Å². The van der Waals surface area contributed by atoms with Crippen molar-refractivity contribution in [2.75, 3.05) is 38.0 Å². The van der Waals surface area contributed by atoms with Gasteiger partial charge in [0.25, 0.3) is 0 Å². The van der Waals surface area contributed by atoms with Crippen molar-refractivity contribution in [2.24, 2.45) is 0 Å². The quantitative estimate of drug-likeness (QED) is 0.771. The van der Waals surface area contributed by atoms with Gasteiger partial charge in [0.05, 0.1) is 19.4 Å². The Hall–Kier alpha value is -1.42. The van der Waals surface area contributed by atoms with E-state index in [4.69, 9.17) is 15.2 Å². The van der Waals surface area contributed by atoms with E-state index < -0.39 is 0 Å². The van der Waals surface area contributed by atoms with E-state index in [1.165, 1.54) is 0 Å². The summed E-state index contributed by atoms with van der Waals surface area (Å²) in [5.41, 5.74) is 7.57. The molecule has 1 atom stereocenters. The maximum Gasteiger partial charge on any atom is 0.143 e. The van der Waals surface area contributed by atoms with Gasteiger partial charge < -0.3 is 20.1 Å². The maximum atomic E-state index is 5.81. The van der Waals surface area contributed by atoms with Crippen LogP contribution in [-0.4, -0.2) is 33.4 Å². The Kier molecular flexibility index (Phi) is 5.10. The number of likely N-dealkylation sites (N-methyl/N-ethyl adjacent to an activating group) is 1. The summed E-state index contributed by atoms with van der Waals surface area (Å²) < 4.78 is 10.4. The minimum absolute atomic E-state index is 0.318. The second-order valence-corrected chi connectivity index (χ2v) is 4.02. The van der Waals surface area contributed by atoms with Gasteiger partial charge in [0.1, 0.15) is 5.75 Å².